The number of hydrogen-bond donors (Lipinski definition) is 1. The lowest BCUT2D eigenvalue weighted by Crippen LogP contribution is -2.24. The third kappa shape index (κ3) is 3.09. The van der Waals surface area contributed by atoms with Gasteiger partial charge in [-0.05, 0) is 24.7 Å². The van der Waals surface area contributed by atoms with E-state index in [1.54, 1.807) is 0 Å². The summed E-state index contributed by atoms with van der Waals surface area (Å²) in [4.78, 5) is 4.32. The predicted molar refractivity (Wildman–Crippen MR) is 70.9 cm³/mol. The Labute approximate surface area is 105 Å². The highest BCUT2D eigenvalue weighted by Crippen LogP contribution is 2.43. The molecule has 0 amide bonds. The zero-order valence-corrected chi connectivity index (χ0v) is 11.5. The molecule has 0 aliphatic heterocycles. The van der Waals surface area contributed by atoms with Gasteiger partial charge < -0.3 is 9.88 Å². The van der Waals surface area contributed by atoms with Gasteiger partial charge in [0.05, 0.1) is 12.0 Å². The van der Waals surface area contributed by atoms with E-state index in [2.05, 4.69) is 42.6 Å². The van der Waals surface area contributed by atoms with Crippen molar-refractivity contribution in [1.29, 1.82) is 0 Å². The van der Waals surface area contributed by atoms with E-state index in [9.17, 15) is 0 Å². The molecule has 2 rings (SSSR count). The maximum absolute atomic E-state index is 4.32. The highest BCUT2D eigenvalue weighted by atomic mass is 15.1. The van der Waals surface area contributed by atoms with Crippen LogP contribution in [-0.2, 0) is 6.54 Å². The number of nitrogens with one attached hydrogen (secondary N) is 1. The molecule has 96 valence electrons. The first kappa shape index (κ1) is 12.6. The average Bonchev–Trinajstić information content (AvgIpc) is 2.80. The van der Waals surface area contributed by atoms with Crippen LogP contribution in [0.3, 0.4) is 0 Å². The highest BCUT2D eigenvalue weighted by Gasteiger charge is 2.32. The van der Waals surface area contributed by atoms with E-state index < -0.39 is 0 Å². The fourth-order valence-electron chi connectivity index (χ4n) is 2.74. The normalized spacial score (nSPS) is 23.5. The van der Waals surface area contributed by atoms with Gasteiger partial charge in [0.1, 0.15) is 0 Å². The predicted octanol–water partition coefficient (Wildman–Crippen LogP) is 3.13. The number of hydrogen-bond acceptors (Lipinski definition) is 2. The molecule has 1 aromatic rings. The van der Waals surface area contributed by atoms with Gasteiger partial charge in [0, 0.05) is 24.8 Å². The van der Waals surface area contributed by atoms with E-state index in [1.807, 2.05) is 12.5 Å². The van der Waals surface area contributed by atoms with Gasteiger partial charge in [-0.15, -0.1) is 0 Å². The van der Waals surface area contributed by atoms with E-state index >= 15 is 0 Å². The van der Waals surface area contributed by atoms with Crippen LogP contribution < -0.4 is 5.32 Å². The molecular formula is C14H25N3. The van der Waals surface area contributed by atoms with Crippen molar-refractivity contribution in [2.24, 2.45) is 5.41 Å². The van der Waals surface area contributed by atoms with E-state index in [0.29, 0.717) is 17.5 Å². The monoisotopic (exact) mass is 235 g/mol. The van der Waals surface area contributed by atoms with E-state index in [0.717, 1.165) is 6.54 Å². The lowest BCUT2D eigenvalue weighted by atomic mass is 9.92. The van der Waals surface area contributed by atoms with Crippen LogP contribution in [-0.4, -0.2) is 15.6 Å². The second kappa shape index (κ2) is 4.81. The summed E-state index contributed by atoms with van der Waals surface area (Å²) in [5.74, 6) is 0. The Balaban J connectivity index is 2.04. The summed E-state index contributed by atoms with van der Waals surface area (Å²) >= 11 is 0. The molecule has 1 fully saturated rings. The van der Waals surface area contributed by atoms with Crippen LogP contribution in [0.2, 0.25) is 0 Å². The summed E-state index contributed by atoms with van der Waals surface area (Å²) < 4.78 is 2.38. The van der Waals surface area contributed by atoms with Gasteiger partial charge in [0.15, 0.2) is 0 Å². The fourth-order valence-corrected chi connectivity index (χ4v) is 2.74. The second-order valence-electron chi connectivity index (χ2n) is 6.39. The molecule has 1 unspecified atom stereocenters. The number of aromatic nitrogens is 2. The molecular weight excluding hydrogens is 210 g/mol. The topological polar surface area (TPSA) is 29.9 Å². The molecule has 3 nitrogen and oxygen atoms in total. The third-order valence-electron chi connectivity index (χ3n) is 3.77. The van der Waals surface area contributed by atoms with Gasteiger partial charge >= 0.3 is 0 Å². The summed E-state index contributed by atoms with van der Waals surface area (Å²) in [6, 6.07) is 1.18. The number of nitrogens with zero attached hydrogens (tertiary/aromatic N) is 2. The van der Waals surface area contributed by atoms with Crippen molar-refractivity contribution in [1.82, 2.24) is 14.9 Å². The summed E-state index contributed by atoms with van der Waals surface area (Å²) in [5, 5.41) is 3.47. The summed E-state index contributed by atoms with van der Waals surface area (Å²) in [7, 11) is 0. The van der Waals surface area contributed by atoms with Crippen LogP contribution in [0.1, 0.15) is 58.7 Å². The van der Waals surface area contributed by atoms with Crippen LogP contribution in [0.25, 0.3) is 0 Å². The smallest absolute Gasteiger partial charge is 0.0951 e. The van der Waals surface area contributed by atoms with Crippen LogP contribution >= 0.6 is 0 Å². The molecule has 1 heterocycles. The quantitative estimate of drug-likeness (QED) is 0.869. The molecule has 0 saturated heterocycles. The molecule has 3 heteroatoms. The van der Waals surface area contributed by atoms with Crippen LogP contribution in [0, 0.1) is 5.41 Å². The molecule has 17 heavy (non-hydrogen) atoms. The van der Waals surface area contributed by atoms with E-state index in [-0.39, 0.29) is 0 Å². The Morgan fingerprint density at radius 2 is 2.29 bits per heavy atom. The first-order valence-electron chi connectivity index (χ1n) is 6.72. The SMILES string of the molecule is CC(C)NCc1cncn1C1CCC(C)(C)C1. The Bertz CT molecular complexity index is 365. The van der Waals surface area contributed by atoms with Crippen LogP contribution in [0.15, 0.2) is 12.5 Å². The van der Waals surface area contributed by atoms with Gasteiger partial charge in [-0.3, -0.25) is 0 Å². The summed E-state index contributed by atoms with van der Waals surface area (Å²) in [5.41, 5.74) is 1.82. The maximum atomic E-state index is 4.32. The van der Waals surface area contributed by atoms with Crippen molar-refractivity contribution in [3.8, 4) is 0 Å². The molecule has 1 aliphatic rings. The highest BCUT2D eigenvalue weighted by molar-refractivity contribution is 5.02. The van der Waals surface area contributed by atoms with Crippen molar-refractivity contribution in [2.45, 2.75) is 65.6 Å². The Morgan fingerprint density at radius 1 is 1.53 bits per heavy atom. The van der Waals surface area contributed by atoms with Crippen molar-refractivity contribution in [3.05, 3.63) is 18.2 Å². The van der Waals surface area contributed by atoms with Gasteiger partial charge in [-0.2, -0.15) is 0 Å². The van der Waals surface area contributed by atoms with Crippen molar-refractivity contribution >= 4 is 0 Å². The van der Waals surface area contributed by atoms with Gasteiger partial charge in [0.25, 0.3) is 0 Å². The van der Waals surface area contributed by atoms with Crippen LogP contribution in [0.4, 0.5) is 0 Å². The molecule has 1 aliphatic carbocycles. The molecule has 1 aromatic heterocycles. The Hall–Kier alpha value is -0.830. The fraction of sp³-hybridized carbons (Fsp3) is 0.786. The molecule has 1 saturated carbocycles. The van der Waals surface area contributed by atoms with Gasteiger partial charge in [0.2, 0.25) is 0 Å². The second-order valence-corrected chi connectivity index (χ2v) is 6.39. The lowest BCUT2D eigenvalue weighted by molar-refractivity contribution is 0.355. The molecule has 0 bridgehead atoms. The van der Waals surface area contributed by atoms with Crippen LogP contribution in [0.5, 0.6) is 0 Å². The van der Waals surface area contributed by atoms with Gasteiger partial charge in [-0.25, -0.2) is 4.98 Å². The minimum atomic E-state index is 0.498. The molecule has 1 N–H and O–H groups in total. The maximum Gasteiger partial charge on any atom is 0.0951 e. The lowest BCUT2D eigenvalue weighted by Gasteiger charge is -2.20. The van der Waals surface area contributed by atoms with Crippen molar-refractivity contribution in [2.75, 3.05) is 0 Å². The van der Waals surface area contributed by atoms with Crippen molar-refractivity contribution < 1.29 is 0 Å². The minimum absolute atomic E-state index is 0.498. The first-order chi connectivity index (χ1) is 7.98. The molecule has 0 aromatic carbocycles. The van der Waals surface area contributed by atoms with Gasteiger partial charge in [-0.1, -0.05) is 27.7 Å². The summed E-state index contributed by atoms with van der Waals surface area (Å²) in [6.45, 7) is 10.0. The van der Waals surface area contributed by atoms with E-state index in [1.165, 1.54) is 25.0 Å². The molecule has 0 radical (unpaired) electrons. The number of imidazole rings is 1. The van der Waals surface area contributed by atoms with E-state index in [4.69, 9.17) is 0 Å². The Morgan fingerprint density at radius 3 is 2.88 bits per heavy atom. The third-order valence-corrected chi connectivity index (χ3v) is 3.77. The van der Waals surface area contributed by atoms with Crippen molar-refractivity contribution in [3.63, 3.8) is 0 Å². The Kier molecular flexibility index (Phi) is 3.57. The molecule has 0 spiro atoms. The zero-order chi connectivity index (χ0) is 12.5. The average molecular weight is 235 g/mol. The largest absolute Gasteiger partial charge is 0.330 e. The first-order valence-corrected chi connectivity index (χ1v) is 6.72. The standard InChI is InChI=1S/C14H25N3/c1-11(2)16-9-13-8-15-10-17(13)12-5-6-14(3,4)7-12/h8,10-12,16H,5-7,9H2,1-4H3. The molecule has 1 atom stereocenters. The number of rotatable bonds is 4. The summed E-state index contributed by atoms with van der Waals surface area (Å²) in [6.07, 6.45) is 7.90. The minimum Gasteiger partial charge on any atom is -0.330 e. The zero-order valence-electron chi connectivity index (χ0n) is 11.5.